The summed E-state index contributed by atoms with van der Waals surface area (Å²) in [5, 5.41) is 7.51. The second-order valence-electron chi connectivity index (χ2n) is 2.90. The quantitative estimate of drug-likeness (QED) is 0.586. The molecule has 0 heterocycles. The van der Waals surface area contributed by atoms with Crippen LogP contribution in [0.5, 0.6) is 0 Å². The van der Waals surface area contributed by atoms with E-state index in [-0.39, 0.29) is 0 Å². The summed E-state index contributed by atoms with van der Waals surface area (Å²) < 4.78 is 0. The molecule has 1 aliphatic rings. The van der Waals surface area contributed by atoms with Gasteiger partial charge >= 0.3 is 0 Å². The van der Waals surface area contributed by atoms with Gasteiger partial charge in [0.05, 0.1) is 0 Å². The van der Waals surface area contributed by atoms with Gasteiger partial charge in [-0.05, 0) is 31.6 Å². The summed E-state index contributed by atoms with van der Waals surface area (Å²) in [6.07, 6.45) is 6.12. The number of nitrogens with one attached hydrogen (secondary N) is 1. The molecule has 1 heteroatoms. The third-order valence-corrected chi connectivity index (χ3v) is 2.13. The van der Waals surface area contributed by atoms with Crippen LogP contribution in [0.1, 0.15) is 39.0 Å². The van der Waals surface area contributed by atoms with Crippen LogP contribution in [0.4, 0.5) is 0 Å². The van der Waals surface area contributed by atoms with Crippen LogP contribution in [0.3, 0.4) is 0 Å². The smallest absolute Gasteiger partial charge is 0.0120 e. The van der Waals surface area contributed by atoms with E-state index in [0.29, 0.717) is 5.92 Å². The fraction of sp³-hybridized carbons (Fsp3) is 0.875. The topological polar surface area (TPSA) is 23.9 Å². The largest absolute Gasteiger partial charge is 0.309 e. The Balaban J connectivity index is 2.31. The predicted octanol–water partition coefficient (Wildman–Crippen LogP) is 2.61. The molecule has 0 bridgehead atoms. The van der Waals surface area contributed by atoms with Gasteiger partial charge < -0.3 is 5.41 Å². The van der Waals surface area contributed by atoms with E-state index < -0.39 is 0 Å². The Hall–Kier alpha value is -0.330. The maximum Gasteiger partial charge on any atom is 0.0120 e. The zero-order chi connectivity index (χ0) is 6.69. The second-order valence-corrected chi connectivity index (χ2v) is 2.90. The number of rotatable bonds is 2. The van der Waals surface area contributed by atoms with Gasteiger partial charge in [0.25, 0.3) is 0 Å². The highest BCUT2D eigenvalue weighted by atomic mass is 14.5. The Labute approximate surface area is 57.0 Å². The van der Waals surface area contributed by atoms with Crippen molar-refractivity contribution in [2.24, 2.45) is 5.92 Å². The molecule has 0 amide bonds. The van der Waals surface area contributed by atoms with E-state index in [1.807, 2.05) is 0 Å². The van der Waals surface area contributed by atoms with Crippen molar-refractivity contribution in [1.29, 1.82) is 5.41 Å². The highest BCUT2D eigenvalue weighted by molar-refractivity contribution is 5.85. The molecular formula is C8H15N. The highest BCUT2D eigenvalue weighted by Crippen LogP contribution is 2.25. The standard InChI is InChI=1S/C8H15N/c1-2-4-7-5-3-6-8(7)9/h7,9H,2-6H2,1H3. The molecule has 9 heavy (non-hydrogen) atoms. The Kier molecular flexibility index (Phi) is 2.26. The van der Waals surface area contributed by atoms with E-state index in [0.717, 1.165) is 12.1 Å². The van der Waals surface area contributed by atoms with Gasteiger partial charge in [0, 0.05) is 5.71 Å². The van der Waals surface area contributed by atoms with E-state index in [9.17, 15) is 0 Å². The van der Waals surface area contributed by atoms with Gasteiger partial charge in [0.2, 0.25) is 0 Å². The zero-order valence-corrected chi connectivity index (χ0v) is 6.11. The van der Waals surface area contributed by atoms with E-state index >= 15 is 0 Å². The predicted molar refractivity (Wildman–Crippen MR) is 40.0 cm³/mol. The van der Waals surface area contributed by atoms with Crippen LogP contribution in [0.25, 0.3) is 0 Å². The molecule has 1 N–H and O–H groups in total. The van der Waals surface area contributed by atoms with Crippen LogP contribution in [0.2, 0.25) is 0 Å². The Morgan fingerprint density at radius 1 is 1.67 bits per heavy atom. The van der Waals surface area contributed by atoms with Crippen molar-refractivity contribution in [3.8, 4) is 0 Å². The summed E-state index contributed by atoms with van der Waals surface area (Å²) in [5.74, 6) is 0.662. The molecule has 0 radical (unpaired) electrons. The van der Waals surface area contributed by atoms with Gasteiger partial charge in [-0.1, -0.05) is 13.3 Å². The normalized spacial score (nSPS) is 27.2. The third-order valence-electron chi connectivity index (χ3n) is 2.13. The van der Waals surface area contributed by atoms with E-state index in [1.165, 1.54) is 25.7 Å². The zero-order valence-electron chi connectivity index (χ0n) is 6.11. The van der Waals surface area contributed by atoms with E-state index in [1.54, 1.807) is 0 Å². The van der Waals surface area contributed by atoms with Crippen LogP contribution >= 0.6 is 0 Å². The molecule has 1 fully saturated rings. The van der Waals surface area contributed by atoms with Crippen LogP contribution in [0.15, 0.2) is 0 Å². The summed E-state index contributed by atoms with van der Waals surface area (Å²) in [5.41, 5.74) is 1.01. The van der Waals surface area contributed by atoms with Gasteiger partial charge in [0.15, 0.2) is 0 Å². The summed E-state index contributed by atoms with van der Waals surface area (Å²) in [6, 6.07) is 0. The molecule has 0 aliphatic heterocycles. The maximum atomic E-state index is 7.51. The van der Waals surface area contributed by atoms with Crippen molar-refractivity contribution in [3.05, 3.63) is 0 Å². The first kappa shape index (κ1) is 6.79. The minimum Gasteiger partial charge on any atom is -0.309 e. The van der Waals surface area contributed by atoms with Gasteiger partial charge in [-0.25, -0.2) is 0 Å². The average Bonchev–Trinajstić information content (AvgIpc) is 2.18. The number of hydrogen-bond acceptors (Lipinski definition) is 1. The van der Waals surface area contributed by atoms with Gasteiger partial charge in [-0.3, -0.25) is 0 Å². The Morgan fingerprint density at radius 3 is 2.89 bits per heavy atom. The fourth-order valence-corrected chi connectivity index (χ4v) is 1.58. The summed E-state index contributed by atoms with van der Waals surface area (Å²) in [7, 11) is 0. The van der Waals surface area contributed by atoms with Gasteiger partial charge in [0.1, 0.15) is 0 Å². The molecule has 52 valence electrons. The minimum absolute atomic E-state index is 0.662. The van der Waals surface area contributed by atoms with E-state index in [2.05, 4.69) is 6.92 Å². The first-order chi connectivity index (χ1) is 4.34. The van der Waals surface area contributed by atoms with Crippen molar-refractivity contribution in [2.45, 2.75) is 39.0 Å². The lowest BCUT2D eigenvalue weighted by Gasteiger charge is -2.05. The second kappa shape index (κ2) is 3.00. The van der Waals surface area contributed by atoms with Gasteiger partial charge in [-0.15, -0.1) is 0 Å². The monoisotopic (exact) mass is 125 g/mol. The van der Waals surface area contributed by atoms with Gasteiger partial charge in [-0.2, -0.15) is 0 Å². The van der Waals surface area contributed by atoms with Crippen molar-refractivity contribution < 1.29 is 0 Å². The molecule has 1 saturated carbocycles. The van der Waals surface area contributed by atoms with Crippen molar-refractivity contribution in [3.63, 3.8) is 0 Å². The lowest BCUT2D eigenvalue weighted by atomic mass is 10.0. The summed E-state index contributed by atoms with van der Waals surface area (Å²) in [4.78, 5) is 0. The SMILES string of the molecule is CCCC1CCCC1=N. The van der Waals surface area contributed by atoms with Crippen molar-refractivity contribution in [2.75, 3.05) is 0 Å². The molecule has 1 atom stereocenters. The summed E-state index contributed by atoms with van der Waals surface area (Å²) >= 11 is 0. The third kappa shape index (κ3) is 1.54. The van der Waals surface area contributed by atoms with Crippen LogP contribution in [-0.4, -0.2) is 5.71 Å². The minimum atomic E-state index is 0.662. The van der Waals surface area contributed by atoms with Crippen molar-refractivity contribution in [1.82, 2.24) is 0 Å². The lowest BCUT2D eigenvalue weighted by Crippen LogP contribution is -2.03. The van der Waals surface area contributed by atoms with Crippen LogP contribution in [-0.2, 0) is 0 Å². The van der Waals surface area contributed by atoms with Crippen molar-refractivity contribution >= 4 is 5.71 Å². The average molecular weight is 125 g/mol. The highest BCUT2D eigenvalue weighted by Gasteiger charge is 2.19. The maximum absolute atomic E-state index is 7.51. The lowest BCUT2D eigenvalue weighted by molar-refractivity contribution is 0.597. The summed E-state index contributed by atoms with van der Waals surface area (Å²) in [6.45, 7) is 2.20. The molecule has 0 saturated heterocycles. The molecular weight excluding hydrogens is 110 g/mol. The Morgan fingerprint density at radius 2 is 2.44 bits per heavy atom. The van der Waals surface area contributed by atoms with E-state index in [4.69, 9.17) is 5.41 Å². The molecule has 0 aromatic heterocycles. The molecule has 1 nitrogen and oxygen atoms in total. The van der Waals surface area contributed by atoms with Crippen LogP contribution < -0.4 is 0 Å². The Bertz CT molecular complexity index is 107. The fourth-order valence-electron chi connectivity index (χ4n) is 1.58. The molecule has 1 aliphatic carbocycles. The molecule has 1 unspecified atom stereocenters. The molecule has 0 aromatic carbocycles. The molecule has 0 aromatic rings. The first-order valence-corrected chi connectivity index (χ1v) is 3.92. The molecule has 0 spiro atoms. The first-order valence-electron chi connectivity index (χ1n) is 3.92. The number of hydrogen-bond donors (Lipinski definition) is 1. The van der Waals surface area contributed by atoms with Crippen LogP contribution in [0, 0.1) is 11.3 Å². The molecule has 1 rings (SSSR count).